The number of carbonyl (C=O) groups excluding carboxylic acids is 4. The van der Waals surface area contributed by atoms with Crippen molar-refractivity contribution >= 4 is 110 Å². The highest BCUT2D eigenvalue weighted by molar-refractivity contribution is 6.44. The molecule has 0 saturated carbocycles. The summed E-state index contributed by atoms with van der Waals surface area (Å²) in [5.41, 5.74) is 11.7. The second-order valence-electron chi connectivity index (χ2n) is 23.6. The zero-order valence-electron chi connectivity index (χ0n) is 48.0. The highest BCUT2D eigenvalue weighted by Crippen LogP contribution is 2.53. The van der Waals surface area contributed by atoms with Gasteiger partial charge < -0.3 is 9.13 Å². The number of benzene rings is 11. The Kier molecular flexibility index (Phi) is 12.4. The van der Waals surface area contributed by atoms with E-state index in [-0.39, 0.29) is 35.5 Å². The van der Waals surface area contributed by atoms with Gasteiger partial charge in [-0.2, -0.15) is 0 Å². The smallest absolute Gasteiger partial charge is 0.261 e. The first-order chi connectivity index (χ1) is 41.2. The summed E-state index contributed by atoms with van der Waals surface area (Å²) in [6.07, 6.45) is 7.66. The minimum Gasteiger partial charge on any atom is -0.309 e. The van der Waals surface area contributed by atoms with E-state index >= 15 is 19.2 Å². The first-order valence-corrected chi connectivity index (χ1v) is 30.4. The summed E-state index contributed by atoms with van der Waals surface area (Å²) in [6.45, 7) is 9.35. The first kappa shape index (κ1) is 51.5. The summed E-state index contributed by atoms with van der Waals surface area (Å²) in [5, 5.41) is 10.8. The normalized spacial score (nSPS) is 14.4. The molecule has 0 fully saturated rings. The van der Waals surface area contributed by atoms with Crippen molar-refractivity contribution in [2.24, 2.45) is 11.8 Å². The number of para-hydroxylation sites is 4. The Hall–Kier alpha value is -9.40. The van der Waals surface area contributed by atoms with Crippen LogP contribution in [0.5, 0.6) is 0 Å². The molecule has 0 saturated heterocycles. The van der Waals surface area contributed by atoms with Gasteiger partial charge >= 0.3 is 0 Å². The summed E-state index contributed by atoms with van der Waals surface area (Å²) in [5.74, 6) is -0.820. The van der Waals surface area contributed by atoms with E-state index in [1.54, 1.807) is 0 Å². The second-order valence-corrected chi connectivity index (χ2v) is 23.6. The number of unbranched alkanes of at least 4 members (excludes halogenated alkanes) is 2. The minimum absolute atomic E-state index is 0.159. The molecule has 4 heterocycles. The molecule has 11 aromatic carbocycles. The quantitative estimate of drug-likeness (QED) is 0.0548. The summed E-state index contributed by atoms with van der Waals surface area (Å²) in [6, 6.07) is 63.3. The van der Waals surface area contributed by atoms with E-state index in [0.717, 1.165) is 161 Å². The van der Waals surface area contributed by atoms with Gasteiger partial charge in [0.15, 0.2) is 0 Å². The lowest BCUT2D eigenvalue weighted by molar-refractivity contribution is 0.0565. The molecule has 8 nitrogen and oxygen atoms in total. The Balaban J connectivity index is 1.08. The van der Waals surface area contributed by atoms with E-state index < -0.39 is 0 Å². The van der Waals surface area contributed by atoms with Gasteiger partial charge in [0.25, 0.3) is 23.6 Å². The standard InChI is InChI=1S/C76H64N4O4/c1-5-9-21-45(7-3)43-77-73(81)57-37-35-55-68-60(48-32-34-54-52-28-18-20-30-64(52)80(66(54)40-48)50-25-15-12-16-26-50)42-62-70-58(74(82)78(76(62)84)44-46(8-4)22-10-6-2)38-36-56(72(68)70)67-59(41-61(75(77)83)69(57)71(55)67)47-31-33-53-51-27-17-19-29-63(51)79(65(53)39-47)49-23-13-11-14-24-49/h11-20,23-42,45-46H,5-10,21-22,43-44H2,1-4H3. The van der Waals surface area contributed by atoms with Crippen LogP contribution in [0.2, 0.25) is 0 Å². The maximum absolute atomic E-state index is 15.7. The Morgan fingerprint density at radius 2 is 0.690 bits per heavy atom. The number of carbonyl (C=O) groups is 4. The summed E-state index contributed by atoms with van der Waals surface area (Å²) in [4.78, 5) is 65.1. The van der Waals surface area contributed by atoms with Crippen molar-refractivity contribution in [2.45, 2.75) is 79.1 Å². The van der Waals surface area contributed by atoms with Crippen molar-refractivity contribution in [1.82, 2.24) is 18.9 Å². The number of nitrogens with zero attached hydrogens (tertiary/aromatic N) is 4. The van der Waals surface area contributed by atoms with Crippen molar-refractivity contribution in [2.75, 3.05) is 13.1 Å². The van der Waals surface area contributed by atoms with Crippen molar-refractivity contribution in [3.05, 3.63) is 204 Å². The van der Waals surface area contributed by atoms with Crippen LogP contribution in [-0.4, -0.2) is 55.7 Å². The van der Waals surface area contributed by atoms with Crippen LogP contribution in [-0.2, 0) is 0 Å². The van der Waals surface area contributed by atoms with Gasteiger partial charge in [-0.15, -0.1) is 0 Å². The fraction of sp³-hybridized carbons (Fsp3) is 0.211. The molecule has 8 heteroatoms. The van der Waals surface area contributed by atoms with Crippen LogP contribution in [0, 0.1) is 11.8 Å². The van der Waals surface area contributed by atoms with Crippen molar-refractivity contribution in [1.29, 1.82) is 0 Å². The molecule has 0 aliphatic carbocycles. The second kappa shape index (κ2) is 20.2. The van der Waals surface area contributed by atoms with E-state index in [0.29, 0.717) is 46.1 Å². The summed E-state index contributed by atoms with van der Waals surface area (Å²) >= 11 is 0. The minimum atomic E-state index is -0.289. The number of rotatable bonds is 16. The predicted octanol–water partition coefficient (Wildman–Crippen LogP) is 18.9. The predicted molar refractivity (Wildman–Crippen MR) is 345 cm³/mol. The lowest BCUT2D eigenvalue weighted by Gasteiger charge is -2.33. The number of hydrogen-bond donors (Lipinski definition) is 0. The molecule has 2 aliphatic heterocycles. The first-order valence-electron chi connectivity index (χ1n) is 30.4. The highest BCUT2D eigenvalue weighted by atomic mass is 16.2. The molecule has 0 bridgehead atoms. The van der Waals surface area contributed by atoms with Crippen LogP contribution < -0.4 is 0 Å². The van der Waals surface area contributed by atoms with E-state index in [1.807, 2.05) is 36.4 Å². The molecule has 0 radical (unpaired) electrons. The third-order valence-electron chi connectivity index (χ3n) is 19.0. The zero-order valence-corrected chi connectivity index (χ0v) is 48.0. The Morgan fingerprint density at radius 3 is 1.10 bits per heavy atom. The molecular formula is C76H64N4O4. The van der Waals surface area contributed by atoms with E-state index in [1.165, 1.54) is 9.80 Å². The topological polar surface area (TPSA) is 84.6 Å². The molecule has 13 aromatic rings. The van der Waals surface area contributed by atoms with E-state index in [4.69, 9.17) is 0 Å². The van der Waals surface area contributed by atoms with E-state index in [9.17, 15) is 0 Å². The van der Waals surface area contributed by atoms with Crippen LogP contribution >= 0.6 is 0 Å². The average molecular weight is 1100 g/mol. The van der Waals surface area contributed by atoms with Gasteiger partial charge in [-0.05, 0) is 152 Å². The summed E-state index contributed by atoms with van der Waals surface area (Å²) in [7, 11) is 0. The Labute approximate surface area is 487 Å². The van der Waals surface area contributed by atoms with Crippen LogP contribution in [0.15, 0.2) is 182 Å². The van der Waals surface area contributed by atoms with Gasteiger partial charge in [-0.3, -0.25) is 29.0 Å². The molecule has 2 atom stereocenters. The SMILES string of the molecule is CCCCC(CC)CN1C(=O)c2ccc3c4c(-c5ccc6c7ccccc7n(-c7ccccc7)c6c5)cc5c6c(ccc(c7c(-c8ccc9c%10ccccc%10n(-c%10ccccc%10)c9c8)cc(c2c37)C1=O)c64)C(=O)N(CC(CC)CCCC)C5=O. The third kappa shape index (κ3) is 7.65. The van der Waals surface area contributed by atoms with E-state index in [2.05, 4.69) is 182 Å². The van der Waals surface area contributed by atoms with Gasteiger partial charge in [-0.25, -0.2) is 0 Å². The van der Waals surface area contributed by atoms with Crippen molar-refractivity contribution in [3.8, 4) is 33.6 Å². The maximum Gasteiger partial charge on any atom is 0.261 e. The van der Waals surface area contributed by atoms with Crippen LogP contribution in [0.1, 0.15) is 120 Å². The lowest BCUT2D eigenvalue weighted by Crippen LogP contribution is -2.43. The van der Waals surface area contributed by atoms with Crippen molar-refractivity contribution in [3.63, 3.8) is 0 Å². The molecule has 15 rings (SSSR count). The lowest BCUT2D eigenvalue weighted by atomic mass is 9.77. The maximum atomic E-state index is 15.7. The number of fused-ring (bicyclic) bond motifs is 8. The fourth-order valence-corrected chi connectivity index (χ4v) is 14.7. The number of amides is 4. The van der Waals surface area contributed by atoms with Gasteiger partial charge in [0.2, 0.25) is 0 Å². The summed E-state index contributed by atoms with van der Waals surface area (Å²) < 4.78 is 4.63. The molecule has 0 spiro atoms. The number of aromatic nitrogens is 2. The van der Waals surface area contributed by atoms with Crippen LogP contribution in [0.3, 0.4) is 0 Å². The fourth-order valence-electron chi connectivity index (χ4n) is 14.7. The zero-order chi connectivity index (χ0) is 57.1. The molecular weight excluding hydrogens is 1030 g/mol. The molecule has 2 aromatic heterocycles. The average Bonchev–Trinajstić information content (AvgIpc) is 1.85. The molecule has 4 amide bonds. The van der Waals surface area contributed by atoms with Crippen molar-refractivity contribution < 1.29 is 19.2 Å². The number of imide groups is 2. The molecule has 84 heavy (non-hydrogen) atoms. The monoisotopic (exact) mass is 1100 g/mol. The molecule has 2 unspecified atom stereocenters. The van der Waals surface area contributed by atoms with Gasteiger partial charge in [-0.1, -0.05) is 175 Å². The Bertz CT molecular complexity index is 4590. The van der Waals surface area contributed by atoms with Gasteiger partial charge in [0, 0.05) is 79.0 Å². The molecule has 412 valence electrons. The largest absolute Gasteiger partial charge is 0.309 e. The van der Waals surface area contributed by atoms with Crippen LogP contribution in [0.25, 0.3) is 120 Å². The van der Waals surface area contributed by atoms with Gasteiger partial charge in [0.1, 0.15) is 0 Å². The van der Waals surface area contributed by atoms with Gasteiger partial charge in [0.05, 0.1) is 22.1 Å². The molecule has 0 N–H and O–H groups in total. The number of hydrogen-bond acceptors (Lipinski definition) is 4. The highest BCUT2D eigenvalue weighted by Gasteiger charge is 2.40. The Morgan fingerprint density at radius 1 is 0.321 bits per heavy atom. The van der Waals surface area contributed by atoms with Crippen LogP contribution in [0.4, 0.5) is 0 Å². The molecule has 2 aliphatic rings. The third-order valence-corrected chi connectivity index (χ3v) is 19.0.